The van der Waals surface area contributed by atoms with Crippen LogP contribution in [0.1, 0.15) is 12.2 Å². The number of terminal acetylenes is 1. The normalized spacial score (nSPS) is 9.94. The van der Waals surface area contributed by atoms with Gasteiger partial charge < -0.3 is 9.63 Å². The third kappa shape index (κ3) is 2.23. The fourth-order valence-electron chi connectivity index (χ4n) is 1.39. The highest BCUT2D eigenvalue weighted by Gasteiger charge is 2.05. The molecule has 0 aliphatic carbocycles. The largest absolute Gasteiger partial charge is 0.508 e. The first-order chi connectivity index (χ1) is 7.79. The molecule has 0 unspecified atom stereocenters. The highest BCUT2D eigenvalue weighted by molar-refractivity contribution is 5.59. The van der Waals surface area contributed by atoms with Crippen molar-refractivity contribution in [3.05, 3.63) is 36.1 Å². The van der Waals surface area contributed by atoms with Gasteiger partial charge in [0.05, 0.1) is 0 Å². The van der Waals surface area contributed by atoms with Crippen LogP contribution in [0.3, 0.4) is 0 Å². The van der Waals surface area contributed by atoms with Crippen LogP contribution in [0.4, 0.5) is 0 Å². The molecule has 2 aromatic rings. The summed E-state index contributed by atoms with van der Waals surface area (Å²) >= 11 is 0. The van der Waals surface area contributed by atoms with Crippen LogP contribution in [0.5, 0.6) is 5.75 Å². The van der Waals surface area contributed by atoms with Crippen LogP contribution in [0.2, 0.25) is 0 Å². The van der Waals surface area contributed by atoms with Crippen molar-refractivity contribution in [2.45, 2.75) is 12.8 Å². The molecule has 0 saturated carbocycles. The Morgan fingerprint density at radius 2 is 2.06 bits per heavy atom. The van der Waals surface area contributed by atoms with Crippen molar-refractivity contribution in [1.82, 2.24) is 5.16 Å². The number of benzene rings is 1. The number of hydrogen-bond acceptors (Lipinski definition) is 3. The smallest absolute Gasteiger partial charge is 0.138 e. The molecule has 3 heteroatoms. The van der Waals surface area contributed by atoms with E-state index in [1.165, 1.54) is 0 Å². The lowest BCUT2D eigenvalue weighted by Gasteiger charge is -1.94. The molecule has 0 aliphatic heterocycles. The molecule has 1 heterocycles. The minimum Gasteiger partial charge on any atom is -0.508 e. The predicted molar refractivity (Wildman–Crippen MR) is 60.8 cm³/mol. The van der Waals surface area contributed by atoms with Gasteiger partial charge in [-0.05, 0) is 24.3 Å². The Balaban J connectivity index is 2.18. The Hall–Kier alpha value is -2.21. The molecule has 0 aliphatic rings. The van der Waals surface area contributed by atoms with E-state index in [0.717, 1.165) is 17.0 Å². The van der Waals surface area contributed by atoms with E-state index in [2.05, 4.69) is 11.1 Å². The number of phenolic OH excluding ortho intramolecular Hbond substituents is 1. The quantitative estimate of drug-likeness (QED) is 0.797. The molecule has 0 atom stereocenters. The molecule has 0 fully saturated rings. The van der Waals surface area contributed by atoms with Crippen molar-refractivity contribution in [3.8, 4) is 29.4 Å². The number of phenols is 1. The molecule has 1 aromatic carbocycles. The van der Waals surface area contributed by atoms with Crippen molar-refractivity contribution in [2.24, 2.45) is 0 Å². The zero-order valence-electron chi connectivity index (χ0n) is 8.68. The van der Waals surface area contributed by atoms with Gasteiger partial charge >= 0.3 is 0 Å². The van der Waals surface area contributed by atoms with Crippen LogP contribution < -0.4 is 0 Å². The Labute approximate surface area is 93.7 Å². The van der Waals surface area contributed by atoms with Crippen LogP contribution in [0.25, 0.3) is 11.3 Å². The van der Waals surface area contributed by atoms with Gasteiger partial charge in [-0.2, -0.15) is 0 Å². The van der Waals surface area contributed by atoms with Crippen molar-refractivity contribution in [1.29, 1.82) is 0 Å². The maximum absolute atomic E-state index is 9.16. The maximum Gasteiger partial charge on any atom is 0.138 e. The first kappa shape index (κ1) is 10.3. The monoisotopic (exact) mass is 213 g/mol. The van der Waals surface area contributed by atoms with E-state index in [9.17, 15) is 0 Å². The number of aryl methyl sites for hydroxylation is 1. The minimum absolute atomic E-state index is 0.236. The molecular weight excluding hydrogens is 202 g/mol. The van der Waals surface area contributed by atoms with E-state index in [1.807, 2.05) is 6.07 Å². The van der Waals surface area contributed by atoms with Gasteiger partial charge in [0, 0.05) is 24.5 Å². The second kappa shape index (κ2) is 4.54. The average molecular weight is 213 g/mol. The molecular formula is C13H11NO2. The number of aromatic nitrogens is 1. The lowest BCUT2D eigenvalue weighted by atomic mass is 10.1. The second-order valence-corrected chi connectivity index (χ2v) is 3.43. The average Bonchev–Trinajstić information content (AvgIpc) is 2.76. The van der Waals surface area contributed by atoms with Gasteiger partial charge in [-0.25, -0.2) is 0 Å². The zero-order valence-corrected chi connectivity index (χ0v) is 8.68. The van der Waals surface area contributed by atoms with Gasteiger partial charge in [0.15, 0.2) is 0 Å². The predicted octanol–water partition coefficient (Wildman–Crippen LogP) is 2.61. The fourth-order valence-corrected chi connectivity index (χ4v) is 1.39. The van der Waals surface area contributed by atoms with E-state index < -0.39 is 0 Å². The summed E-state index contributed by atoms with van der Waals surface area (Å²) < 4.78 is 5.14. The van der Waals surface area contributed by atoms with Gasteiger partial charge in [-0.1, -0.05) is 5.16 Å². The van der Waals surface area contributed by atoms with Crippen LogP contribution in [0, 0.1) is 12.3 Å². The van der Waals surface area contributed by atoms with Gasteiger partial charge in [-0.3, -0.25) is 0 Å². The molecule has 0 spiro atoms. The lowest BCUT2D eigenvalue weighted by molar-refractivity contribution is 0.386. The molecule has 0 radical (unpaired) electrons. The molecule has 3 nitrogen and oxygen atoms in total. The summed E-state index contributed by atoms with van der Waals surface area (Å²) in [4.78, 5) is 0. The Bertz CT molecular complexity index is 505. The summed E-state index contributed by atoms with van der Waals surface area (Å²) in [5, 5.41) is 13.1. The topological polar surface area (TPSA) is 46.3 Å². The van der Waals surface area contributed by atoms with Crippen LogP contribution >= 0.6 is 0 Å². The highest BCUT2D eigenvalue weighted by atomic mass is 16.5. The molecule has 1 N–H and O–H groups in total. The third-order valence-electron chi connectivity index (χ3n) is 2.24. The zero-order chi connectivity index (χ0) is 11.4. The molecule has 0 bridgehead atoms. The van der Waals surface area contributed by atoms with Gasteiger partial charge in [0.1, 0.15) is 17.2 Å². The molecule has 1 aromatic heterocycles. The standard InChI is InChI=1S/C13H11NO2/c1-2-3-4-12-9-13(14-16-12)10-5-7-11(15)8-6-10/h1,5-9,15H,3-4H2. The van der Waals surface area contributed by atoms with Crippen LogP contribution in [0.15, 0.2) is 34.9 Å². The lowest BCUT2D eigenvalue weighted by Crippen LogP contribution is -1.77. The Kier molecular flexibility index (Phi) is 2.93. The van der Waals surface area contributed by atoms with E-state index in [4.69, 9.17) is 16.1 Å². The number of aromatic hydroxyl groups is 1. The third-order valence-corrected chi connectivity index (χ3v) is 2.24. The van der Waals surface area contributed by atoms with Crippen molar-refractivity contribution < 1.29 is 9.63 Å². The SMILES string of the molecule is C#CCCc1cc(-c2ccc(O)cc2)no1. The minimum atomic E-state index is 0.236. The van der Waals surface area contributed by atoms with Gasteiger partial charge in [-0.15, -0.1) is 12.3 Å². The van der Waals surface area contributed by atoms with Crippen molar-refractivity contribution in [2.75, 3.05) is 0 Å². The van der Waals surface area contributed by atoms with Crippen LogP contribution in [-0.2, 0) is 6.42 Å². The summed E-state index contributed by atoms with van der Waals surface area (Å²) in [5.74, 6) is 3.57. The van der Waals surface area contributed by atoms with Crippen molar-refractivity contribution in [3.63, 3.8) is 0 Å². The summed E-state index contributed by atoms with van der Waals surface area (Å²) in [7, 11) is 0. The summed E-state index contributed by atoms with van der Waals surface area (Å²) in [6.45, 7) is 0. The first-order valence-electron chi connectivity index (χ1n) is 4.98. The fraction of sp³-hybridized carbons (Fsp3) is 0.154. The van der Waals surface area contributed by atoms with E-state index in [-0.39, 0.29) is 5.75 Å². The van der Waals surface area contributed by atoms with E-state index in [0.29, 0.717) is 12.8 Å². The number of nitrogens with zero attached hydrogens (tertiary/aromatic N) is 1. The van der Waals surface area contributed by atoms with Crippen molar-refractivity contribution >= 4 is 0 Å². The molecule has 2 rings (SSSR count). The first-order valence-corrected chi connectivity index (χ1v) is 4.98. The van der Waals surface area contributed by atoms with Gasteiger partial charge in [0.2, 0.25) is 0 Å². The molecule has 16 heavy (non-hydrogen) atoms. The molecule has 0 amide bonds. The summed E-state index contributed by atoms with van der Waals surface area (Å²) in [6.07, 6.45) is 6.51. The molecule has 0 saturated heterocycles. The molecule has 80 valence electrons. The highest BCUT2D eigenvalue weighted by Crippen LogP contribution is 2.21. The Morgan fingerprint density at radius 1 is 1.31 bits per heavy atom. The second-order valence-electron chi connectivity index (χ2n) is 3.43. The van der Waals surface area contributed by atoms with E-state index in [1.54, 1.807) is 24.3 Å². The van der Waals surface area contributed by atoms with E-state index >= 15 is 0 Å². The summed E-state index contributed by atoms with van der Waals surface area (Å²) in [5.41, 5.74) is 1.67. The summed E-state index contributed by atoms with van der Waals surface area (Å²) in [6, 6.07) is 8.68. The Morgan fingerprint density at radius 3 is 2.75 bits per heavy atom. The maximum atomic E-state index is 9.16. The van der Waals surface area contributed by atoms with Gasteiger partial charge in [0.25, 0.3) is 0 Å². The van der Waals surface area contributed by atoms with Crippen LogP contribution in [-0.4, -0.2) is 10.3 Å². The number of rotatable bonds is 3. The number of hydrogen-bond donors (Lipinski definition) is 1.